The van der Waals surface area contributed by atoms with E-state index in [2.05, 4.69) is 46.7 Å². The Labute approximate surface area is 126 Å². The van der Waals surface area contributed by atoms with Crippen molar-refractivity contribution in [2.75, 3.05) is 24.5 Å². The highest BCUT2D eigenvalue weighted by Gasteiger charge is 2.27. The van der Waals surface area contributed by atoms with Gasteiger partial charge in [0.1, 0.15) is 0 Å². The summed E-state index contributed by atoms with van der Waals surface area (Å²) in [5, 5.41) is 6.51. The molecule has 1 atom stereocenters. The van der Waals surface area contributed by atoms with Crippen molar-refractivity contribution in [3.8, 4) is 0 Å². The molecule has 0 aliphatic carbocycles. The van der Waals surface area contributed by atoms with Gasteiger partial charge in [-0.25, -0.2) is 0 Å². The first kappa shape index (κ1) is 14.4. The van der Waals surface area contributed by atoms with Crippen LogP contribution in [-0.4, -0.2) is 37.6 Å². The fourth-order valence-electron chi connectivity index (χ4n) is 3.42. The normalized spacial score (nSPS) is 24.0. The quantitative estimate of drug-likeness (QED) is 0.891. The van der Waals surface area contributed by atoms with E-state index < -0.39 is 0 Å². The minimum Gasteiger partial charge on any atom is -0.371 e. The van der Waals surface area contributed by atoms with Gasteiger partial charge < -0.3 is 15.5 Å². The first-order chi connectivity index (χ1) is 10.2. The summed E-state index contributed by atoms with van der Waals surface area (Å²) >= 11 is 0. The molecule has 2 fully saturated rings. The highest BCUT2D eigenvalue weighted by molar-refractivity contribution is 5.82. The number of nitrogens with one attached hydrogen (secondary N) is 2. The number of aryl methyl sites for hydroxylation is 1. The second-order valence-corrected chi connectivity index (χ2v) is 6.20. The molecule has 0 aromatic heterocycles. The van der Waals surface area contributed by atoms with Crippen LogP contribution in [0.15, 0.2) is 24.3 Å². The summed E-state index contributed by atoms with van der Waals surface area (Å²) in [6.07, 6.45) is 4.28. The predicted octanol–water partition coefficient (Wildman–Crippen LogP) is 1.83. The average Bonchev–Trinajstić information content (AvgIpc) is 2.51. The second-order valence-electron chi connectivity index (χ2n) is 6.20. The monoisotopic (exact) mass is 287 g/mol. The molecule has 0 radical (unpaired) electrons. The van der Waals surface area contributed by atoms with Crippen LogP contribution in [0.1, 0.15) is 31.2 Å². The molecule has 1 aromatic rings. The number of piperidine rings is 2. The van der Waals surface area contributed by atoms with Crippen molar-refractivity contribution >= 4 is 11.6 Å². The largest absolute Gasteiger partial charge is 0.371 e. The molecule has 2 N–H and O–H groups in total. The van der Waals surface area contributed by atoms with Crippen molar-refractivity contribution < 1.29 is 4.79 Å². The van der Waals surface area contributed by atoms with Gasteiger partial charge in [0.05, 0.1) is 6.04 Å². The molecule has 1 aromatic carbocycles. The molecule has 4 nitrogen and oxygen atoms in total. The molecule has 0 unspecified atom stereocenters. The fourth-order valence-corrected chi connectivity index (χ4v) is 3.42. The molecule has 2 heterocycles. The zero-order valence-electron chi connectivity index (χ0n) is 12.8. The van der Waals surface area contributed by atoms with E-state index in [1.54, 1.807) is 0 Å². The standard InChI is InChI=1S/C17H25N3O/c1-13-5-2-3-7-16(13)20-11-8-14(9-12-20)19-15-6-4-10-18-17(15)21/h2-3,5,7,14-15,19H,4,6,8-12H2,1H3,(H,18,21)/t15-/m1/s1. The molecular formula is C17H25N3O. The number of hydrogen-bond acceptors (Lipinski definition) is 3. The second kappa shape index (κ2) is 6.48. The molecule has 114 valence electrons. The third kappa shape index (κ3) is 3.38. The Morgan fingerprint density at radius 3 is 2.67 bits per heavy atom. The summed E-state index contributed by atoms with van der Waals surface area (Å²) in [6.45, 7) is 5.14. The molecule has 0 bridgehead atoms. The van der Waals surface area contributed by atoms with E-state index in [0.29, 0.717) is 6.04 Å². The summed E-state index contributed by atoms with van der Waals surface area (Å²) in [7, 11) is 0. The Morgan fingerprint density at radius 2 is 1.95 bits per heavy atom. The van der Waals surface area contributed by atoms with Gasteiger partial charge in [-0.3, -0.25) is 4.79 Å². The average molecular weight is 287 g/mol. The van der Waals surface area contributed by atoms with Gasteiger partial charge in [-0.2, -0.15) is 0 Å². The van der Waals surface area contributed by atoms with E-state index >= 15 is 0 Å². The maximum absolute atomic E-state index is 11.8. The van der Waals surface area contributed by atoms with E-state index in [9.17, 15) is 4.79 Å². The third-order valence-electron chi connectivity index (χ3n) is 4.67. The molecule has 2 aliphatic rings. The van der Waals surface area contributed by atoms with Crippen LogP contribution in [0.3, 0.4) is 0 Å². The van der Waals surface area contributed by atoms with Crippen molar-refractivity contribution in [1.29, 1.82) is 0 Å². The maximum atomic E-state index is 11.8. The van der Waals surface area contributed by atoms with E-state index in [1.807, 2.05) is 0 Å². The lowest BCUT2D eigenvalue weighted by Gasteiger charge is -2.37. The minimum absolute atomic E-state index is 0.0220. The van der Waals surface area contributed by atoms with Crippen molar-refractivity contribution in [3.05, 3.63) is 29.8 Å². The molecule has 4 heteroatoms. The molecule has 0 spiro atoms. The number of benzene rings is 1. The van der Waals surface area contributed by atoms with Crippen LogP contribution in [0.2, 0.25) is 0 Å². The Kier molecular flexibility index (Phi) is 4.44. The van der Waals surface area contributed by atoms with Gasteiger partial charge in [-0.05, 0) is 44.2 Å². The summed E-state index contributed by atoms with van der Waals surface area (Å²) < 4.78 is 0. The van der Waals surface area contributed by atoms with E-state index in [4.69, 9.17) is 0 Å². The number of hydrogen-bond donors (Lipinski definition) is 2. The number of carbonyl (C=O) groups excluding carboxylic acids is 1. The highest BCUT2D eigenvalue weighted by atomic mass is 16.2. The van der Waals surface area contributed by atoms with Gasteiger partial charge in [0.2, 0.25) is 5.91 Å². The van der Waals surface area contributed by atoms with Crippen LogP contribution in [0, 0.1) is 6.92 Å². The Balaban J connectivity index is 1.53. The van der Waals surface area contributed by atoms with Gasteiger partial charge in [0, 0.05) is 31.4 Å². The number of rotatable bonds is 3. The zero-order valence-corrected chi connectivity index (χ0v) is 12.8. The maximum Gasteiger partial charge on any atom is 0.237 e. The summed E-state index contributed by atoms with van der Waals surface area (Å²) in [6, 6.07) is 9.07. The SMILES string of the molecule is Cc1ccccc1N1CCC(N[C@@H]2CCCNC2=O)CC1. The minimum atomic E-state index is 0.0220. The lowest BCUT2D eigenvalue weighted by atomic mass is 9.99. The van der Waals surface area contributed by atoms with E-state index in [-0.39, 0.29) is 11.9 Å². The molecular weight excluding hydrogens is 262 g/mol. The molecule has 21 heavy (non-hydrogen) atoms. The first-order valence-electron chi connectivity index (χ1n) is 8.08. The van der Waals surface area contributed by atoms with Crippen LogP contribution in [0.25, 0.3) is 0 Å². The van der Waals surface area contributed by atoms with Crippen LogP contribution in [-0.2, 0) is 4.79 Å². The molecule has 1 amide bonds. The smallest absolute Gasteiger partial charge is 0.237 e. The van der Waals surface area contributed by atoms with Crippen LogP contribution in [0.5, 0.6) is 0 Å². The summed E-state index contributed by atoms with van der Waals surface area (Å²) in [5.74, 6) is 0.183. The van der Waals surface area contributed by atoms with Crippen LogP contribution < -0.4 is 15.5 Å². The van der Waals surface area contributed by atoms with Crippen molar-refractivity contribution in [2.24, 2.45) is 0 Å². The zero-order chi connectivity index (χ0) is 14.7. The number of nitrogens with zero attached hydrogens (tertiary/aromatic N) is 1. The number of para-hydroxylation sites is 1. The van der Waals surface area contributed by atoms with Crippen molar-refractivity contribution in [2.45, 2.75) is 44.7 Å². The molecule has 2 aliphatic heterocycles. The van der Waals surface area contributed by atoms with Gasteiger partial charge in [-0.1, -0.05) is 18.2 Å². The number of anilines is 1. The fraction of sp³-hybridized carbons (Fsp3) is 0.588. The topological polar surface area (TPSA) is 44.4 Å². The van der Waals surface area contributed by atoms with Crippen molar-refractivity contribution in [1.82, 2.24) is 10.6 Å². The Morgan fingerprint density at radius 1 is 1.19 bits per heavy atom. The number of carbonyl (C=O) groups is 1. The van der Waals surface area contributed by atoms with Crippen molar-refractivity contribution in [3.63, 3.8) is 0 Å². The Hall–Kier alpha value is -1.55. The lowest BCUT2D eigenvalue weighted by molar-refractivity contribution is -0.124. The van der Waals surface area contributed by atoms with E-state index in [0.717, 1.165) is 45.3 Å². The van der Waals surface area contributed by atoms with Crippen LogP contribution in [0.4, 0.5) is 5.69 Å². The molecule has 0 saturated carbocycles. The molecule has 3 rings (SSSR count). The lowest BCUT2D eigenvalue weighted by Crippen LogP contribution is -2.54. The van der Waals surface area contributed by atoms with Gasteiger partial charge in [0.15, 0.2) is 0 Å². The van der Waals surface area contributed by atoms with E-state index in [1.165, 1.54) is 11.3 Å². The van der Waals surface area contributed by atoms with Gasteiger partial charge >= 0.3 is 0 Å². The van der Waals surface area contributed by atoms with Crippen LogP contribution >= 0.6 is 0 Å². The van der Waals surface area contributed by atoms with Gasteiger partial charge in [-0.15, -0.1) is 0 Å². The van der Waals surface area contributed by atoms with Gasteiger partial charge in [0.25, 0.3) is 0 Å². The summed E-state index contributed by atoms with van der Waals surface area (Å²) in [4.78, 5) is 14.3. The molecule has 2 saturated heterocycles. The third-order valence-corrected chi connectivity index (χ3v) is 4.67. The first-order valence-corrected chi connectivity index (χ1v) is 8.08. The predicted molar refractivity (Wildman–Crippen MR) is 85.6 cm³/mol. The Bertz CT molecular complexity index is 495. The highest BCUT2D eigenvalue weighted by Crippen LogP contribution is 2.23. The summed E-state index contributed by atoms with van der Waals surface area (Å²) in [5.41, 5.74) is 2.70. The number of amides is 1.